The first kappa shape index (κ1) is 19.0. The second kappa shape index (κ2) is 8.28. The van der Waals surface area contributed by atoms with E-state index in [-0.39, 0.29) is 11.9 Å². The number of amides is 3. The van der Waals surface area contributed by atoms with Crippen molar-refractivity contribution in [1.29, 1.82) is 0 Å². The Hall–Kier alpha value is -1.77. The molecule has 2 fully saturated rings. The number of aromatic nitrogens is 3. The average Bonchev–Trinajstić information content (AvgIpc) is 3.35. The largest absolute Gasteiger partial charge is 0.341 e. The Morgan fingerprint density at radius 2 is 1.81 bits per heavy atom. The maximum atomic E-state index is 12.3. The molecule has 26 heavy (non-hydrogen) atoms. The van der Waals surface area contributed by atoms with Gasteiger partial charge in [0.05, 0.1) is 5.25 Å². The molecule has 3 rings (SSSR count). The Balaban J connectivity index is 1.66. The molecular formula is C17H28N6O2S. The summed E-state index contributed by atoms with van der Waals surface area (Å²) in [6, 6.07) is -0.0464. The third kappa shape index (κ3) is 4.69. The molecule has 9 heteroatoms. The summed E-state index contributed by atoms with van der Waals surface area (Å²) in [7, 11) is 0. The smallest absolute Gasteiger partial charge is 0.321 e. The van der Waals surface area contributed by atoms with Crippen LogP contribution in [0.25, 0.3) is 0 Å². The van der Waals surface area contributed by atoms with Gasteiger partial charge in [0.1, 0.15) is 0 Å². The van der Waals surface area contributed by atoms with Crippen LogP contribution in [0.1, 0.15) is 58.9 Å². The van der Waals surface area contributed by atoms with Gasteiger partial charge in [-0.05, 0) is 52.9 Å². The van der Waals surface area contributed by atoms with Gasteiger partial charge in [-0.3, -0.25) is 14.7 Å². The van der Waals surface area contributed by atoms with Crippen LogP contribution in [0.15, 0.2) is 5.16 Å². The predicted molar refractivity (Wildman–Crippen MR) is 101 cm³/mol. The molecule has 2 N–H and O–H groups in total. The van der Waals surface area contributed by atoms with E-state index in [1.807, 2.05) is 13.8 Å². The van der Waals surface area contributed by atoms with Crippen LogP contribution in [0, 0.1) is 0 Å². The van der Waals surface area contributed by atoms with Crippen LogP contribution in [-0.4, -0.2) is 51.1 Å². The third-order valence-electron chi connectivity index (χ3n) is 4.51. The zero-order valence-corrected chi connectivity index (χ0v) is 16.5. The van der Waals surface area contributed by atoms with Crippen LogP contribution in [0.5, 0.6) is 0 Å². The molecule has 1 atom stereocenters. The first-order valence-corrected chi connectivity index (χ1v) is 10.3. The number of piperidine rings is 1. The number of urea groups is 1. The maximum absolute atomic E-state index is 12.3. The summed E-state index contributed by atoms with van der Waals surface area (Å²) in [5, 5.41) is 14.2. The Kier molecular flexibility index (Phi) is 6.05. The van der Waals surface area contributed by atoms with Gasteiger partial charge in [0, 0.05) is 25.2 Å². The quantitative estimate of drug-likeness (QED) is 0.736. The Bertz CT molecular complexity index is 652. The van der Waals surface area contributed by atoms with Crippen molar-refractivity contribution >= 4 is 29.6 Å². The molecule has 0 bridgehead atoms. The molecule has 0 radical (unpaired) electrons. The van der Waals surface area contributed by atoms with Crippen molar-refractivity contribution in [3.05, 3.63) is 0 Å². The van der Waals surface area contributed by atoms with Crippen LogP contribution in [-0.2, 0) is 4.79 Å². The highest BCUT2D eigenvalue weighted by atomic mass is 32.2. The summed E-state index contributed by atoms with van der Waals surface area (Å²) in [6.45, 7) is 7.52. The van der Waals surface area contributed by atoms with Gasteiger partial charge in [-0.15, -0.1) is 10.2 Å². The van der Waals surface area contributed by atoms with Crippen molar-refractivity contribution in [1.82, 2.24) is 25.4 Å². The lowest BCUT2D eigenvalue weighted by molar-refractivity contribution is -0.119. The molecule has 0 aromatic carbocycles. The molecule has 1 aromatic heterocycles. The van der Waals surface area contributed by atoms with Gasteiger partial charge in [-0.1, -0.05) is 11.8 Å². The number of nitrogens with one attached hydrogen (secondary N) is 2. The van der Waals surface area contributed by atoms with E-state index in [0.717, 1.165) is 37.0 Å². The Morgan fingerprint density at radius 1 is 1.12 bits per heavy atom. The number of hydrogen-bond acceptors (Lipinski definition) is 6. The van der Waals surface area contributed by atoms with Crippen molar-refractivity contribution in [2.24, 2.45) is 0 Å². The Morgan fingerprint density at radius 3 is 2.42 bits per heavy atom. The SMILES string of the molecule is CC(C)NC(=O)NC(=O)C(C)Sc1nnc(N2CCCCC2)n1C1CC1. The summed E-state index contributed by atoms with van der Waals surface area (Å²) >= 11 is 1.36. The molecule has 1 unspecified atom stereocenters. The van der Waals surface area contributed by atoms with E-state index in [2.05, 4.69) is 30.3 Å². The fourth-order valence-corrected chi connectivity index (χ4v) is 3.95. The molecule has 3 amide bonds. The number of hydrogen-bond donors (Lipinski definition) is 2. The van der Waals surface area contributed by atoms with Gasteiger partial charge in [0.2, 0.25) is 11.9 Å². The molecule has 144 valence electrons. The van der Waals surface area contributed by atoms with E-state index >= 15 is 0 Å². The number of anilines is 1. The van der Waals surface area contributed by atoms with Crippen LogP contribution < -0.4 is 15.5 Å². The fourth-order valence-electron chi connectivity index (χ4n) is 3.03. The van der Waals surface area contributed by atoms with Gasteiger partial charge < -0.3 is 10.2 Å². The molecule has 0 spiro atoms. The summed E-state index contributed by atoms with van der Waals surface area (Å²) in [6.07, 6.45) is 5.90. The second-order valence-corrected chi connectivity index (χ2v) is 8.62. The summed E-state index contributed by atoms with van der Waals surface area (Å²) < 4.78 is 2.19. The molecular weight excluding hydrogens is 352 g/mol. The Labute approximate surface area is 158 Å². The normalized spacial score (nSPS) is 18.7. The molecule has 1 saturated heterocycles. The third-order valence-corrected chi connectivity index (χ3v) is 5.56. The lowest BCUT2D eigenvalue weighted by Gasteiger charge is -2.28. The summed E-state index contributed by atoms with van der Waals surface area (Å²) in [4.78, 5) is 26.3. The highest BCUT2D eigenvalue weighted by Crippen LogP contribution is 2.41. The van der Waals surface area contributed by atoms with E-state index in [4.69, 9.17) is 0 Å². The van der Waals surface area contributed by atoms with E-state index < -0.39 is 11.3 Å². The number of carbonyl (C=O) groups is 2. The van der Waals surface area contributed by atoms with Crippen molar-refractivity contribution in [3.63, 3.8) is 0 Å². The first-order valence-electron chi connectivity index (χ1n) is 9.43. The molecule has 1 aliphatic heterocycles. The molecule has 2 aliphatic rings. The highest BCUT2D eigenvalue weighted by molar-refractivity contribution is 8.00. The van der Waals surface area contributed by atoms with E-state index in [9.17, 15) is 9.59 Å². The van der Waals surface area contributed by atoms with E-state index in [1.165, 1.54) is 31.0 Å². The van der Waals surface area contributed by atoms with Gasteiger partial charge in [-0.25, -0.2) is 4.79 Å². The lowest BCUT2D eigenvalue weighted by Crippen LogP contribution is -2.45. The highest BCUT2D eigenvalue weighted by Gasteiger charge is 2.33. The van der Waals surface area contributed by atoms with Gasteiger partial charge in [-0.2, -0.15) is 0 Å². The van der Waals surface area contributed by atoms with Gasteiger partial charge in [0.15, 0.2) is 5.16 Å². The first-order chi connectivity index (χ1) is 12.5. The molecule has 8 nitrogen and oxygen atoms in total. The lowest BCUT2D eigenvalue weighted by atomic mass is 10.1. The van der Waals surface area contributed by atoms with Crippen LogP contribution >= 0.6 is 11.8 Å². The zero-order valence-electron chi connectivity index (χ0n) is 15.7. The monoisotopic (exact) mass is 380 g/mol. The summed E-state index contributed by atoms with van der Waals surface area (Å²) in [5.74, 6) is 0.609. The van der Waals surface area contributed by atoms with Crippen molar-refractivity contribution in [3.8, 4) is 0 Å². The number of thioether (sulfide) groups is 1. The minimum Gasteiger partial charge on any atom is -0.341 e. The summed E-state index contributed by atoms with van der Waals surface area (Å²) in [5.41, 5.74) is 0. The number of imide groups is 1. The second-order valence-electron chi connectivity index (χ2n) is 7.31. The number of nitrogens with zero attached hydrogens (tertiary/aromatic N) is 4. The average molecular weight is 381 g/mol. The van der Waals surface area contributed by atoms with Crippen LogP contribution in [0.2, 0.25) is 0 Å². The predicted octanol–water partition coefficient (Wildman–Crippen LogP) is 2.32. The molecule has 2 heterocycles. The van der Waals surface area contributed by atoms with E-state index in [0.29, 0.717) is 6.04 Å². The van der Waals surface area contributed by atoms with Crippen LogP contribution in [0.3, 0.4) is 0 Å². The number of rotatable bonds is 6. The van der Waals surface area contributed by atoms with Crippen molar-refractivity contribution < 1.29 is 9.59 Å². The van der Waals surface area contributed by atoms with Gasteiger partial charge >= 0.3 is 6.03 Å². The topological polar surface area (TPSA) is 92.2 Å². The van der Waals surface area contributed by atoms with Crippen molar-refractivity contribution in [2.45, 2.75) is 75.4 Å². The van der Waals surface area contributed by atoms with Crippen molar-refractivity contribution in [2.75, 3.05) is 18.0 Å². The molecule has 1 aromatic rings. The minimum absolute atomic E-state index is 0.0178. The van der Waals surface area contributed by atoms with Gasteiger partial charge in [0.25, 0.3) is 0 Å². The van der Waals surface area contributed by atoms with Crippen LogP contribution in [0.4, 0.5) is 10.7 Å². The standard InChI is InChI=1S/C17H28N6O2S/c1-11(2)18-15(25)19-14(24)12(3)26-17-21-20-16(23(17)13-7-8-13)22-9-5-4-6-10-22/h11-13H,4-10H2,1-3H3,(H2,18,19,24,25). The molecule has 1 aliphatic carbocycles. The molecule has 1 saturated carbocycles. The maximum Gasteiger partial charge on any atom is 0.321 e. The minimum atomic E-state index is -0.463. The number of carbonyl (C=O) groups excluding carboxylic acids is 2. The fraction of sp³-hybridized carbons (Fsp3) is 0.765. The zero-order chi connectivity index (χ0) is 18.7. The van der Waals surface area contributed by atoms with E-state index in [1.54, 1.807) is 6.92 Å².